The molecule has 0 aliphatic rings. The fourth-order valence-corrected chi connectivity index (χ4v) is 6.22. The van der Waals surface area contributed by atoms with Gasteiger partial charge < -0.3 is 43.5 Å². The smallest absolute Gasteiger partial charge is 0.224 e. The first-order valence-corrected chi connectivity index (χ1v) is 18.3. The Balaban J connectivity index is 0.000000208. The number of hydrogen-bond donors (Lipinski definition) is 8. The second-order valence-electron chi connectivity index (χ2n) is 13.5. The van der Waals surface area contributed by atoms with Crippen molar-refractivity contribution in [2.45, 2.75) is 50.6 Å². The summed E-state index contributed by atoms with van der Waals surface area (Å²) in [5.41, 5.74) is 30.5. The van der Waals surface area contributed by atoms with Crippen LogP contribution in [0, 0.1) is 11.6 Å². The van der Waals surface area contributed by atoms with Gasteiger partial charge in [0.05, 0.1) is 12.8 Å². The molecule has 4 aromatic carbocycles. The molecule has 10 nitrogen and oxygen atoms in total. The van der Waals surface area contributed by atoms with Crippen LogP contribution in [0.4, 0.5) is 8.78 Å². The summed E-state index contributed by atoms with van der Waals surface area (Å²) >= 11 is 0. The Morgan fingerprint density at radius 1 is 0.574 bits per heavy atom. The van der Waals surface area contributed by atoms with Gasteiger partial charge in [-0.05, 0) is 121 Å². The van der Waals surface area contributed by atoms with Crippen LogP contribution in [-0.4, -0.2) is 60.0 Å². The van der Waals surface area contributed by atoms with E-state index >= 15 is 0 Å². The van der Waals surface area contributed by atoms with Crippen molar-refractivity contribution in [2.24, 2.45) is 22.9 Å². The van der Waals surface area contributed by atoms with Crippen molar-refractivity contribution >= 4 is 33.6 Å². The van der Waals surface area contributed by atoms with Crippen molar-refractivity contribution in [1.82, 2.24) is 20.6 Å². The highest BCUT2D eigenvalue weighted by Gasteiger charge is 2.13. The number of H-pyrrole nitrogens is 2. The first-order chi connectivity index (χ1) is 26.1. The minimum atomic E-state index is -0.261. The predicted molar refractivity (Wildman–Crippen MR) is 213 cm³/mol. The van der Waals surface area contributed by atoms with Gasteiger partial charge in [-0.3, -0.25) is 9.59 Å². The van der Waals surface area contributed by atoms with Crippen molar-refractivity contribution in [1.29, 1.82) is 0 Å². The summed E-state index contributed by atoms with van der Waals surface area (Å²) in [6, 6.07) is 24.6. The number of carbonyl (C=O) groups is 2. The molecule has 2 heterocycles. The van der Waals surface area contributed by atoms with E-state index in [-0.39, 0.29) is 48.4 Å². The Morgan fingerprint density at radius 3 is 1.31 bits per heavy atom. The molecule has 12 N–H and O–H groups in total. The topological polar surface area (TPSA) is 194 Å². The van der Waals surface area contributed by atoms with Crippen LogP contribution in [0.3, 0.4) is 0 Å². The Hall–Kier alpha value is -5.40. The van der Waals surface area contributed by atoms with Gasteiger partial charge in [0, 0.05) is 59.4 Å². The largest absolute Gasteiger partial charge is 0.361 e. The van der Waals surface area contributed by atoms with Crippen LogP contribution in [-0.2, 0) is 22.4 Å². The maximum Gasteiger partial charge on any atom is 0.224 e. The number of halogens is 2. The average Bonchev–Trinajstić information content (AvgIpc) is 3.78. The summed E-state index contributed by atoms with van der Waals surface area (Å²) in [4.78, 5) is 30.9. The molecule has 12 heteroatoms. The molecule has 2 amide bonds. The SMILES string of the molecule is NCCC[C@H](N)CNC(=O)Cc1c[nH]c2ccc(-c3ccc(F)cc3)cc12.NCCC[C@H](N)CNC(=O)Cc1c[nH]c2ccc(-c3ccc(F)cc3)cc12. The molecule has 0 spiro atoms. The number of nitrogens with one attached hydrogen (secondary N) is 4. The second-order valence-corrected chi connectivity index (χ2v) is 13.5. The van der Waals surface area contributed by atoms with Gasteiger partial charge in [-0.25, -0.2) is 8.78 Å². The lowest BCUT2D eigenvalue weighted by Gasteiger charge is -2.12. The molecule has 0 aliphatic heterocycles. The summed E-state index contributed by atoms with van der Waals surface area (Å²) in [7, 11) is 0. The zero-order valence-electron chi connectivity index (χ0n) is 30.3. The van der Waals surface area contributed by atoms with Crippen LogP contribution in [0.25, 0.3) is 44.1 Å². The van der Waals surface area contributed by atoms with Gasteiger partial charge in [-0.2, -0.15) is 0 Å². The van der Waals surface area contributed by atoms with Gasteiger partial charge >= 0.3 is 0 Å². The summed E-state index contributed by atoms with van der Waals surface area (Å²) in [5, 5.41) is 7.74. The molecule has 6 rings (SSSR count). The fourth-order valence-electron chi connectivity index (χ4n) is 6.22. The lowest BCUT2D eigenvalue weighted by Crippen LogP contribution is -2.38. The fraction of sp³-hybridized carbons (Fsp3) is 0.286. The molecule has 2 aromatic heterocycles. The number of carbonyl (C=O) groups excluding carboxylic acids is 2. The highest BCUT2D eigenvalue weighted by atomic mass is 19.1. The van der Waals surface area contributed by atoms with E-state index in [0.29, 0.717) is 26.2 Å². The van der Waals surface area contributed by atoms with Crippen LogP contribution in [0.1, 0.15) is 36.8 Å². The second kappa shape index (κ2) is 19.6. The normalized spacial score (nSPS) is 12.3. The van der Waals surface area contributed by atoms with Crippen molar-refractivity contribution in [3.63, 3.8) is 0 Å². The Kier molecular flexibility index (Phi) is 14.5. The number of amides is 2. The van der Waals surface area contributed by atoms with E-state index < -0.39 is 0 Å². The zero-order chi connectivity index (χ0) is 38.5. The lowest BCUT2D eigenvalue weighted by atomic mass is 10.0. The van der Waals surface area contributed by atoms with E-state index in [1.165, 1.54) is 24.3 Å². The van der Waals surface area contributed by atoms with Gasteiger partial charge in [0.2, 0.25) is 11.8 Å². The summed E-state index contributed by atoms with van der Waals surface area (Å²) in [6.45, 7) is 2.10. The maximum atomic E-state index is 13.1. The zero-order valence-corrected chi connectivity index (χ0v) is 30.3. The lowest BCUT2D eigenvalue weighted by molar-refractivity contribution is -0.121. The van der Waals surface area contributed by atoms with E-state index in [2.05, 4.69) is 20.6 Å². The highest BCUT2D eigenvalue weighted by molar-refractivity contribution is 5.93. The maximum absolute atomic E-state index is 13.1. The van der Waals surface area contributed by atoms with Crippen LogP contribution < -0.4 is 33.6 Å². The number of hydrogen-bond acceptors (Lipinski definition) is 6. The van der Waals surface area contributed by atoms with Gasteiger partial charge in [0.15, 0.2) is 0 Å². The van der Waals surface area contributed by atoms with Gasteiger partial charge in [-0.1, -0.05) is 36.4 Å². The molecule has 284 valence electrons. The van der Waals surface area contributed by atoms with E-state index in [9.17, 15) is 18.4 Å². The molecule has 0 bridgehead atoms. The number of aromatic amines is 2. The van der Waals surface area contributed by atoms with Crippen LogP contribution in [0.5, 0.6) is 0 Å². The van der Waals surface area contributed by atoms with Gasteiger partial charge in [0.25, 0.3) is 0 Å². The average molecular weight is 737 g/mol. The third kappa shape index (κ3) is 11.3. The molecule has 0 radical (unpaired) electrons. The third-order valence-corrected chi connectivity index (χ3v) is 9.27. The number of nitrogens with two attached hydrogens (primary N) is 4. The van der Waals surface area contributed by atoms with Crippen molar-refractivity contribution in [2.75, 3.05) is 26.2 Å². The molecule has 0 aliphatic carbocycles. The summed E-state index contributed by atoms with van der Waals surface area (Å²) < 4.78 is 26.3. The molecule has 54 heavy (non-hydrogen) atoms. The third-order valence-electron chi connectivity index (χ3n) is 9.27. The summed E-state index contributed by atoms with van der Waals surface area (Å²) in [5.74, 6) is -0.649. The number of aromatic nitrogens is 2. The first kappa shape index (κ1) is 39.8. The van der Waals surface area contributed by atoms with Crippen LogP contribution >= 0.6 is 0 Å². The molecule has 2 atom stereocenters. The van der Waals surface area contributed by atoms with Crippen LogP contribution in [0.15, 0.2) is 97.3 Å². The van der Waals surface area contributed by atoms with E-state index in [1.54, 1.807) is 24.3 Å². The molecule has 6 aromatic rings. The standard InChI is InChI=1S/2C21H25FN4O/c2*22-17-6-3-14(4-7-17)15-5-8-20-19(10-15)16(12-25-20)11-21(27)26-13-18(24)2-1-9-23/h2*3-8,10,12,18,25H,1-2,9,11,13,23-24H2,(H,26,27)/t2*18-/m00/s1. The van der Waals surface area contributed by atoms with Crippen LogP contribution in [0.2, 0.25) is 0 Å². The predicted octanol–water partition coefficient (Wildman–Crippen LogP) is 5.40. The molecule has 0 unspecified atom stereocenters. The highest BCUT2D eigenvalue weighted by Crippen LogP contribution is 2.28. The summed E-state index contributed by atoms with van der Waals surface area (Å²) in [6.07, 6.45) is 7.56. The van der Waals surface area contributed by atoms with E-state index in [0.717, 1.165) is 80.9 Å². The monoisotopic (exact) mass is 736 g/mol. The van der Waals surface area contributed by atoms with Crippen molar-refractivity contribution in [3.05, 3.63) is 120 Å². The molecule has 0 saturated heterocycles. The van der Waals surface area contributed by atoms with E-state index in [1.807, 2.05) is 48.8 Å². The number of rotatable bonds is 16. The minimum Gasteiger partial charge on any atom is -0.361 e. The first-order valence-electron chi connectivity index (χ1n) is 18.3. The molecular weight excluding hydrogens is 687 g/mol. The van der Waals surface area contributed by atoms with Crippen molar-refractivity contribution < 1.29 is 18.4 Å². The number of benzene rings is 4. The quantitative estimate of drug-likeness (QED) is 0.0656. The van der Waals surface area contributed by atoms with E-state index in [4.69, 9.17) is 22.9 Å². The van der Waals surface area contributed by atoms with Crippen molar-refractivity contribution in [3.8, 4) is 22.3 Å². The molecule has 0 fully saturated rings. The number of fused-ring (bicyclic) bond motifs is 2. The Labute approximate surface area is 314 Å². The van der Waals surface area contributed by atoms with Gasteiger partial charge in [0.1, 0.15) is 11.6 Å². The molecule has 0 saturated carbocycles. The van der Waals surface area contributed by atoms with Gasteiger partial charge in [-0.15, -0.1) is 0 Å². The Morgan fingerprint density at radius 2 is 0.944 bits per heavy atom. The molecular formula is C42H50F2N8O2. The Bertz CT molecular complexity index is 1960. The minimum absolute atomic E-state index is 0.0636.